The predicted molar refractivity (Wildman–Crippen MR) is 100 cm³/mol. The number of aryl methyl sites for hydroxylation is 2. The van der Waals surface area contributed by atoms with Crippen LogP contribution in [0.5, 0.6) is 11.6 Å². The van der Waals surface area contributed by atoms with E-state index in [1.54, 1.807) is 6.20 Å². The van der Waals surface area contributed by atoms with E-state index in [1.165, 1.54) is 0 Å². The molecule has 1 amide bonds. The van der Waals surface area contributed by atoms with Crippen LogP contribution in [0.25, 0.3) is 0 Å². The summed E-state index contributed by atoms with van der Waals surface area (Å²) in [6.45, 7) is 6.87. The van der Waals surface area contributed by atoms with Gasteiger partial charge in [0, 0.05) is 24.9 Å². The number of nitrogens with zero attached hydrogens (tertiary/aromatic N) is 1. The molecule has 0 aliphatic carbocycles. The zero-order valence-corrected chi connectivity index (χ0v) is 15.7. The molecular formula is C21H26N2O3. The van der Waals surface area contributed by atoms with E-state index in [0.29, 0.717) is 19.0 Å². The Bertz CT molecular complexity index is 762. The van der Waals surface area contributed by atoms with E-state index in [9.17, 15) is 4.79 Å². The number of hydrogen-bond acceptors (Lipinski definition) is 4. The fourth-order valence-corrected chi connectivity index (χ4v) is 3.18. The molecule has 5 heteroatoms. The number of ether oxygens (including phenoxy) is 2. The van der Waals surface area contributed by atoms with Gasteiger partial charge in [-0.05, 0) is 57.2 Å². The Morgan fingerprint density at radius 1 is 1.23 bits per heavy atom. The largest absolute Gasteiger partial charge is 0.438 e. The van der Waals surface area contributed by atoms with Crippen molar-refractivity contribution in [3.63, 3.8) is 0 Å². The lowest BCUT2D eigenvalue weighted by molar-refractivity contribution is -0.150. The molecule has 1 N–H and O–H groups in total. The number of pyridine rings is 1. The van der Waals surface area contributed by atoms with Gasteiger partial charge in [0.05, 0.1) is 0 Å². The Morgan fingerprint density at radius 3 is 2.69 bits per heavy atom. The molecule has 0 bridgehead atoms. The first-order valence-electron chi connectivity index (χ1n) is 9.10. The molecule has 2 heterocycles. The van der Waals surface area contributed by atoms with Gasteiger partial charge in [-0.25, -0.2) is 4.98 Å². The molecule has 1 aromatic heterocycles. The van der Waals surface area contributed by atoms with Gasteiger partial charge in [-0.2, -0.15) is 0 Å². The third-order valence-corrected chi connectivity index (χ3v) is 4.85. The number of nitrogens with one attached hydrogen (secondary N) is 1. The Hall–Kier alpha value is -2.40. The topological polar surface area (TPSA) is 60.5 Å². The summed E-state index contributed by atoms with van der Waals surface area (Å²) >= 11 is 0. The highest BCUT2D eigenvalue weighted by atomic mass is 16.5. The van der Waals surface area contributed by atoms with Crippen molar-refractivity contribution in [3.8, 4) is 11.6 Å². The number of rotatable bonds is 5. The fraction of sp³-hybridized carbons (Fsp3) is 0.429. The smallest absolute Gasteiger partial charge is 0.252 e. The molecule has 1 saturated heterocycles. The molecule has 0 spiro atoms. The molecule has 1 atom stereocenters. The number of aromatic nitrogens is 1. The predicted octanol–water partition coefficient (Wildman–Crippen LogP) is 4.07. The molecule has 26 heavy (non-hydrogen) atoms. The van der Waals surface area contributed by atoms with Crippen molar-refractivity contribution >= 4 is 5.91 Å². The number of carbonyl (C=O) groups is 1. The van der Waals surface area contributed by atoms with Gasteiger partial charge < -0.3 is 14.8 Å². The summed E-state index contributed by atoms with van der Waals surface area (Å²) in [5, 5.41) is 2.98. The van der Waals surface area contributed by atoms with E-state index in [0.717, 1.165) is 41.7 Å². The normalized spacial score (nSPS) is 19.8. The zero-order chi connectivity index (χ0) is 18.6. The molecule has 138 valence electrons. The van der Waals surface area contributed by atoms with Crippen molar-refractivity contribution in [2.45, 2.75) is 52.2 Å². The third-order valence-electron chi connectivity index (χ3n) is 4.85. The first kappa shape index (κ1) is 18.4. The SMILES string of the molecule is Cc1cccc(C)c1Oc1ncccc1CNC(=O)[C@]1(C)CCCCO1. The molecule has 1 aromatic carbocycles. The van der Waals surface area contributed by atoms with Gasteiger partial charge in [0.25, 0.3) is 5.91 Å². The van der Waals surface area contributed by atoms with Crippen LogP contribution in [0.2, 0.25) is 0 Å². The average Bonchev–Trinajstić information content (AvgIpc) is 2.64. The van der Waals surface area contributed by atoms with Gasteiger partial charge in [-0.1, -0.05) is 24.3 Å². The Labute approximate surface area is 154 Å². The quantitative estimate of drug-likeness (QED) is 0.879. The number of benzene rings is 1. The molecule has 0 saturated carbocycles. The lowest BCUT2D eigenvalue weighted by Crippen LogP contribution is -2.48. The number of carbonyl (C=O) groups excluding carboxylic acids is 1. The van der Waals surface area contributed by atoms with E-state index in [4.69, 9.17) is 9.47 Å². The second-order valence-corrected chi connectivity index (χ2v) is 7.01. The van der Waals surface area contributed by atoms with Gasteiger partial charge in [0.1, 0.15) is 11.4 Å². The summed E-state index contributed by atoms with van der Waals surface area (Å²) in [6, 6.07) is 9.78. The first-order valence-corrected chi connectivity index (χ1v) is 9.10. The maximum atomic E-state index is 12.6. The van der Waals surface area contributed by atoms with Gasteiger partial charge in [-0.3, -0.25) is 4.79 Å². The van der Waals surface area contributed by atoms with Crippen molar-refractivity contribution in [3.05, 3.63) is 53.2 Å². The highest BCUT2D eigenvalue weighted by Gasteiger charge is 2.35. The maximum absolute atomic E-state index is 12.6. The van der Waals surface area contributed by atoms with Crippen molar-refractivity contribution in [1.82, 2.24) is 10.3 Å². The van der Waals surface area contributed by atoms with Crippen molar-refractivity contribution in [1.29, 1.82) is 0 Å². The van der Waals surface area contributed by atoms with Crippen LogP contribution < -0.4 is 10.1 Å². The lowest BCUT2D eigenvalue weighted by atomic mass is 9.95. The molecule has 1 fully saturated rings. The standard InChI is InChI=1S/C21H26N2O3/c1-15-8-6-9-16(2)18(15)26-19-17(10-7-12-22-19)14-23-20(24)21(3)11-4-5-13-25-21/h6-10,12H,4-5,11,13-14H2,1-3H3,(H,23,24)/t21-/m0/s1. The minimum atomic E-state index is -0.742. The second-order valence-electron chi connectivity index (χ2n) is 7.01. The number of para-hydroxylation sites is 1. The molecular weight excluding hydrogens is 328 g/mol. The van der Waals surface area contributed by atoms with E-state index < -0.39 is 5.60 Å². The highest BCUT2D eigenvalue weighted by molar-refractivity contribution is 5.84. The van der Waals surface area contributed by atoms with E-state index in [-0.39, 0.29) is 5.91 Å². The zero-order valence-electron chi connectivity index (χ0n) is 15.7. The molecule has 1 aliphatic rings. The fourth-order valence-electron chi connectivity index (χ4n) is 3.18. The molecule has 3 rings (SSSR count). The van der Waals surface area contributed by atoms with Crippen LogP contribution >= 0.6 is 0 Å². The van der Waals surface area contributed by atoms with Gasteiger partial charge >= 0.3 is 0 Å². The van der Waals surface area contributed by atoms with Crippen molar-refractivity contribution in [2.24, 2.45) is 0 Å². The lowest BCUT2D eigenvalue weighted by Gasteiger charge is -2.32. The summed E-state index contributed by atoms with van der Waals surface area (Å²) in [5.41, 5.74) is 2.19. The van der Waals surface area contributed by atoms with Crippen LogP contribution in [0, 0.1) is 13.8 Å². The van der Waals surface area contributed by atoms with Gasteiger partial charge in [0.15, 0.2) is 0 Å². The summed E-state index contributed by atoms with van der Waals surface area (Å²) < 4.78 is 11.8. The Morgan fingerprint density at radius 2 is 2.00 bits per heavy atom. The minimum Gasteiger partial charge on any atom is -0.438 e. The number of amides is 1. The molecule has 2 aromatic rings. The van der Waals surface area contributed by atoms with Crippen LogP contribution in [0.4, 0.5) is 0 Å². The third kappa shape index (κ3) is 4.05. The van der Waals surface area contributed by atoms with Crippen LogP contribution in [-0.4, -0.2) is 23.1 Å². The van der Waals surface area contributed by atoms with Crippen LogP contribution in [-0.2, 0) is 16.1 Å². The highest BCUT2D eigenvalue weighted by Crippen LogP contribution is 2.29. The van der Waals surface area contributed by atoms with E-state index >= 15 is 0 Å². The van der Waals surface area contributed by atoms with Gasteiger partial charge in [0.2, 0.25) is 5.88 Å². The molecule has 0 radical (unpaired) electrons. The Kier molecular flexibility index (Phi) is 5.57. The monoisotopic (exact) mass is 354 g/mol. The summed E-state index contributed by atoms with van der Waals surface area (Å²) in [5.74, 6) is 1.24. The average molecular weight is 354 g/mol. The van der Waals surface area contributed by atoms with Gasteiger partial charge in [-0.15, -0.1) is 0 Å². The van der Waals surface area contributed by atoms with Crippen LogP contribution in [0.3, 0.4) is 0 Å². The van der Waals surface area contributed by atoms with E-state index in [1.807, 2.05) is 51.1 Å². The maximum Gasteiger partial charge on any atom is 0.252 e. The van der Waals surface area contributed by atoms with Crippen molar-refractivity contribution < 1.29 is 14.3 Å². The van der Waals surface area contributed by atoms with Crippen molar-refractivity contribution in [2.75, 3.05) is 6.61 Å². The second kappa shape index (κ2) is 7.87. The van der Waals surface area contributed by atoms with Crippen LogP contribution in [0.15, 0.2) is 36.5 Å². The van der Waals surface area contributed by atoms with Crippen LogP contribution in [0.1, 0.15) is 42.9 Å². The molecule has 1 aliphatic heterocycles. The number of hydrogen-bond donors (Lipinski definition) is 1. The summed E-state index contributed by atoms with van der Waals surface area (Å²) in [7, 11) is 0. The Balaban J connectivity index is 1.72. The summed E-state index contributed by atoms with van der Waals surface area (Å²) in [4.78, 5) is 16.9. The minimum absolute atomic E-state index is 0.0842. The first-order chi connectivity index (χ1) is 12.5. The summed E-state index contributed by atoms with van der Waals surface area (Å²) in [6.07, 6.45) is 4.47. The molecule has 5 nitrogen and oxygen atoms in total. The molecule has 0 unspecified atom stereocenters. The van der Waals surface area contributed by atoms with E-state index in [2.05, 4.69) is 10.3 Å².